The molecule has 178 valence electrons. The standard InChI is InChI=1S/C26H28F2N4O2/c1-33-14-12-32(13-15-34-2)26-29-16-20(17-30-26)18-6-8-19(9-7-18)23-10-11-24(31-23)25-21(27)4-3-5-22(25)28/h3-9,16-17,23H,10-15H2,1-2H3. The topological polar surface area (TPSA) is 59.8 Å². The van der Waals surface area contributed by atoms with Gasteiger partial charge in [0.2, 0.25) is 5.95 Å². The number of rotatable bonds is 10. The fourth-order valence-corrected chi connectivity index (χ4v) is 4.04. The summed E-state index contributed by atoms with van der Waals surface area (Å²) in [5.74, 6) is -0.509. The molecule has 0 spiro atoms. The van der Waals surface area contributed by atoms with Gasteiger partial charge in [0.1, 0.15) is 11.6 Å². The van der Waals surface area contributed by atoms with E-state index in [0.29, 0.717) is 44.4 Å². The van der Waals surface area contributed by atoms with Gasteiger partial charge in [0.25, 0.3) is 0 Å². The minimum absolute atomic E-state index is 0.0103. The summed E-state index contributed by atoms with van der Waals surface area (Å²) in [6.07, 6.45) is 4.87. The maximum Gasteiger partial charge on any atom is 0.225 e. The zero-order valence-electron chi connectivity index (χ0n) is 19.4. The van der Waals surface area contributed by atoms with Gasteiger partial charge in [-0.15, -0.1) is 0 Å². The first kappa shape index (κ1) is 23.9. The lowest BCUT2D eigenvalue weighted by Crippen LogP contribution is -2.32. The van der Waals surface area contributed by atoms with Crippen LogP contribution in [0.3, 0.4) is 0 Å². The Morgan fingerprint density at radius 3 is 2.09 bits per heavy atom. The molecule has 0 saturated heterocycles. The Bertz CT molecular complexity index is 1090. The fourth-order valence-electron chi connectivity index (χ4n) is 4.04. The predicted octanol–water partition coefficient (Wildman–Crippen LogP) is 4.85. The Morgan fingerprint density at radius 2 is 1.50 bits per heavy atom. The molecule has 1 aliphatic rings. The van der Waals surface area contributed by atoms with Crippen molar-refractivity contribution in [2.75, 3.05) is 45.4 Å². The Morgan fingerprint density at radius 1 is 0.882 bits per heavy atom. The molecule has 4 rings (SSSR count). The predicted molar refractivity (Wildman–Crippen MR) is 128 cm³/mol. The summed E-state index contributed by atoms with van der Waals surface area (Å²) < 4.78 is 38.6. The second-order valence-corrected chi connectivity index (χ2v) is 8.09. The molecule has 0 aliphatic carbocycles. The highest BCUT2D eigenvalue weighted by Gasteiger charge is 2.24. The molecule has 0 N–H and O–H groups in total. The molecule has 1 atom stereocenters. The molecule has 1 unspecified atom stereocenters. The van der Waals surface area contributed by atoms with Crippen molar-refractivity contribution in [1.29, 1.82) is 0 Å². The van der Waals surface area contributed by atoms with E-state index in [4.69, 9.17) is 9.47 Å². The van der Waals surface area contributed by atoms with Gasteiger partial charge in [0, 0.05) is 51.0 Å². The lowest BCUT2D eigenvalue weighted by Gasteiger charge is -2.21. The van der Waals surface area contributed by atoms with Crippen LogP contribution in [0.1, 0.15) is 30.0 Å². The van der Waals surface area contributed by atoms with Crippen molar-refractivity contribution in [3.05, 3.63) is 77.6 Å². The van der Waals surface area contributed by atoms with Crippen LogP contribution < -0.4 is 4.90 Å². The van der Waals surface area contributed by atoms with E-state index >= 15 is 0 Å². The number of ether oxygens (including phenoxy) is 2. The fraction of sp³-hybridized carbons (Fsp3) is 0.346. The van der Waals surface area contributed by atoms with Gasteiger partial charge in [-0.1, -0.05) is 30.3 Å². The molecule has 0 bridgehead atoms. The normalized spacial score (nSPS) is 15.4. The number of anilines is 1. The lowest BCUT2D eigenvalue weighted by molar-refractivity contribution is 0.189. The highest BCUT2D eigenvalue weighted by Crippen LogP contribution is 2.33. The Balaban J connectivity index is 1.47. The molecule has 0 amide bonds. The molecule has 6 nitrogen and oxygen atoms in total. The van der Waals surface area contributed by atoms with Gasteiger partial charge in [-0.05, 0) is 36.1 Å². The molecule has 1 aliphatic heterocycles. The van der Waals surface area contributed by atoms with Crippen LogP contribution in [0.4, 0.5) is 14.7 Å². The highest BCUT2D eigenvalue weighted by molar-refractivity contribution is 6.02. The number of hydrogen-bond donors (Lipinski definition) is 0. The van der Waals surface area contributed by atoms with Crippen LogP contribution in [0.2, 0.25) is 0 Å². The average Bonchev–Trinajstić information content (AvgIpc) is 3.34. The van der Waals surface area contributed by atoms with Gasteiger partial charge in [-0.25, -0.2) is 18.7 Å². The molecule has 0 radical (unpaired) electrons. The third kappa shape index (κ3) is 5.46. The molecule has 34 heavy (non-hydrogen) atoms. The van der Waals surface area contributed by atoms with E-state index in [2.05, 4.69) is 15.0 Å². The molecule has 3 aromatic rings. The number of aromatic nitrogens is 2. The van der Waals surface area contributed by atoms with Gasteiger partial charge in [-0.3, -0.25) is 4.99 Å². The number of nitrogens with zero attached hydrogens (tertiary/aromatic N) is 4. The second kappa shape index (κ2) is 11.3. The van der Waals surface area contributed by atoms with E-state index in [1.807, 2.05) is 29.2 Å². The lowest BCUT2D eigenvalue weighted by atomic mass is 10.0. The first-order valence-corrected chi connectivity index (χ1v) is 11.3. The van der Waals surface area contributed by atoms with Crippen molar-refractivity contribution >= 4 is 11.7 Å². The minimum Gasteiger partial charge on any atom is -0.383 e. The highest BCUT2D eigenvalue weighted by atomic mass is 19.1. The van der Waals surface area contributed by atoms with Crippen molar-refractivity contribution in [1.82, 2.24) is 9.97 Å². The number of halogens is 2. The van der Waals surface area contributed by atoms with E-state index in [9.17, 15) is 8.78 Å². The van der Waals surface area contributed by atoms with Crippen molar-refractivity contribution < 1.29 is 18.3 Å². The van der Waals surface area contributed by atoms with Gasteiger partial charge in [0.15, 0.2) is 0 Å². The van der Waals surface area contributed by atoms with Crippen LogP contribution >= 0.6 is 0 Å². The van der Waals surface area contributed by atoms with Crippen molar-refractivity contribution in [3.63, 3.8) is 0 Å². The number of benzene rings is 2. The molecular weight excluding hydrogens is 438 g/mol. The van der Waals surface area contributed by atoms with Crippen LogP contribution in [0.5, 0.6) is 0 Å². The van der Waals surface area contributed by atoms with Crippen molar-refractivity contribution in [2.24, 2.45) is 4.99 Å². The third-order valence-corrected chi connectivity index (χ3v) is 5.90. The molecule has 2 aromatic carbocycles. The van der Waals surface area contributed by atoms with Crippen LogP contribution in [0.25, 0.3) is 11.1 Å². The van der Waals surface area contributed by atoms with Crippen LogP contribution in [0, 0.1) is 11.6 Å². The summed E-state index contributed by atoms with van der Waals surface area (Å²) in [6.45, 7) is 2.50. The van der Waals surface area contributed by atoms with Crippen molar-refractivity contribution in [3.8, 4) is 11.1 Å². The Kier molecular flexibility index (Phi) is 7.92. The summed E-state index contributed by atoms with van der Waals surface area (Å²) >= 11 is 0. The van der Waals surface area contributed by atoms with Gasteiger partial charge >= 0.3 is 0 Å². The monoisotopic (exact) mass is 466 g/mol. The molecule has 1 aromatic heterocycles. The first-order chi connectivity index (χ1) is 16.6. The zero-order chi connectivity index (χ0) is 23.9. The summed E-state index contributed by atoms with van der Waals surface area (Å²) in [5, 5.41) is 0. The summed E-state index contributed by atoms with van der Waals surface area (Å²) in [7, 11) is 3.33. The van der Waals surface area contributed by atoms with Crippen LogP contribution in [0.15, 0.2) is 59.9 Å². The zero-order valence-corrected chi connectivity index (χ0v) is 19.4. The third-order valence-electron chi connectivity index (χ3n) is 5.90. The van der Waals surface area contributed by atoms with E-state index < -0.39 is 11.6 Å². The van der Waals surface area contributed by atoms with E-state index in [1.54, 1.807) is 26.6 Å². The van der Waals surface area contributed by atoms with E-state index in [0.717, 1.165) is 23.1 Å². The van der Waals surface area contributed by atoms with E-state index in [-0.39, 0.29) is 11.6 Å². The number of aliphatic imine (C=N–C) groups is 1. The summed E-state index contributed by atoms with van der Waals surface area (Å²) in [4.78, 5) is 15.7. The summed E-state index contributed by atoms with van der Waals surface area (Å²) in [5.41, 5.74) is 3.37. The first-order valence-electron chi connectivity index (χ1n) is 11.3. The maximum atomic E-state index is 14.1. The quantitative estimate of drug-likeness (QED) is 0.428. The maximum absolute atomic E-state index is 14.1. The molecule has 8 heteroatoms. The SMILES string of the molecule is COCCN(CCOC)c1ncc(-c2ccc(C3CCC(c4c(F)cccc4F)=N3)cc2)cn1. The average molecular weight is 467 g/mol. The van der Waals surface area contributed by atoms with Crippen molar-refractivity contribution in [2.45, 2.75) is 18.9 Å². The molecule has 0 saturated carbocycles. The Hall–Kier alpha value is -3.23. The number of methoxy groups -OCH3 is 2. The number of hydrogen-bond acceptors (Lipinski definition) is 6. The smallest absolute Gasteiger partial charge is 0.225 e. The molecule has 2 heterocycles. The van der Waals surface area contributed by atoms with E-state index in [1.165, 1.54) is 18.2 Å². The van der Waals surface area contributed by atoms with Crippen LogP contribution in [-0.2, 0) is 9.47 Å². The second-order valence-electron chi connectivity index (χ2n) is 8.09. The Labute approximate surface area is 198 Å². The van der Waals surface area contributed by atoms with Gasteiger partial charge in [-0.2, -0.15) is 0 Å². The largest absolute Gasteiger partial charge is 0.383 e. The van der Waals surface area contributed by atoms with Crippen LogP contribution in [-0.4, -0.2) is 56.2 Å². The summed E-state index contributed by atoms with van der Waals surface area (Å²) in [6, 6.07) is 11.8. The molecule has 0 fully saturated rings. The van der Waals surface area contributed by atoms with Gasteiger partial charge < -0.3 is 14.4 Å². The van der Waals surface area contributed by atoms with Gasteiger partial charge in [0.05, 0.1) is 24.8 Å². The molecular formula is C26H28F2N4O2. The minimum atomic E-state index is -0.568.